The highest BCUT2D eigenvalue weighted by Gasteiger charge is 2.07. The zero-order valence-corrected chi connectivity index (χ0v) is 12.9. The largest absolute Gasteiger partial charge is 0.312 e. The summed E-state index contributed by atoms with van der Waals surface area (Å²) in [6, 6.07) is 2.14. The quantitative estimate of drug-likeness (QED) is 0.757. The monoisotopic (exact) mass is 303 g/mol. The number of unbranched alkanes of at least 4 members (excludes halogenated alkanes) is 2. The van der Waals surface area contributed by atoms with Crippen LogP contribution in [0.3, 0.4) is 0 Å². The van der Waals surface area contributed by atoms with E-state index in [1.54, 1.807) is 0 Å². The fourth-order valence-corrected chi connectivity index (χ4v) is 3.15. The van der Waals surface area contributed by atoms with Crippen LogP contribution in [0, 0.1) is 0 Å². The van der Waals surface area contributed by atoms with Crippen LogP contribution in [0.1, 0.15) is 44.9 Å². The highest BCUT2D eigenvalue weighted by Crippen LogP contribution is 2.24. The molecule has 0 saturated heterocycles. The highest BCUT2D eigenvalue weighted by atomic mass is 79.9. The van der Waals surface area contributed by atoms with Crippen LogP contribution in [0.5, 0.6) is 0 Å². The van der Waals surface area contributed by atoms with E-state index in [1.165, 1.54) is 35.0 Å². The molecule has 0 aromatic carbocycles. The molecule has 0 amide bonds. The summed E-state index contributed by atoms with van der Waals surface area (Å²) in [6.07, 6.45) is 5.10. The summed E-state index contributed by atoms with van der Waals surface area (Å²) in [5.74, 6) is 0. The van der Waals surface area contributed by atoms with Gasteiger partial charge in [-0.25, -0.2) is 0 Å². The van der Waals surface area contributed by atoms with Crippen molar-refractivity contribution in [1.82, 2.24) is 5.32 Å². The molecule has 0 aliphatic heterocycles. The number of thiophene rings is 1. The van der Waals surface area contributed by atoms with Crippen LogP contribution in [-0.2, 0) is 6.42 Å². The molecule has 0 fully saturated rings. The highest BCUT2D eigenvalue weighted by molar-refractivity contribution is 9.10. The van der Waals surface area contributed by atoms with Crippen LogP contribution >= 0.6 is 27.3 Å². The van der Waals surface area contributed by atoms with Gasteiger partial charge in [0, 0.05) is 14.9 Å². The van der Waals surface area contributed by atoms with Gasteiger partial charge in [0.1, 0.15) is 0 Å². The zero-order chi connectivity index (χ0) is 12.0. The summed E-state index contributed by atoms with van der Waals surface area (Å²) in [5, 5.41) is 5.67. The first-order chi connectivity index (χ1) is 7.49. The molecule has 1 nitrogen and oxygen atoms in total. The van der Waals surface area contributed by atoms with E-state index in [0.29, 0.717) is 0 Å². The minimum Gasteiger partial charge on any atom is -0.312 e. The molecule has 3 heteroatoms. The number of nitrogens with one attached hydrogen (secondary N) is 1. The van der Waals surface area contributed by atoms with E-state index >= 15 is 0 Å². The first kappa shape index (κ1) is 14.2. The lowest BCUT2D eigenvalue weighted by atomic mass is 10.1. The van der Waals surface area contributed by atoms with Crippen LogP contribution in [0.2, 0.25) is 0 Å². The molecule has 92 valence electrons. The third-order valence-corrected chi connectivity index (χ3v) is 4.41. The van der Waals surface area contributed by atoms with Crippen molar-refractivity contribution in [2.75, 3.05) is 6.54 Å². The normalized spacial score (nSPS) is 12.0. The molecule has 0 radical (unpaired) electrons. The van der Waals surface area contributed by atoms with Gasteiger partial charge in [-0.15, -0.1) is 11.3 Å². The van der Waals surface area contributed by atoms with Crippen molar-refractivity contribution >= 4 is 27.3 Å². The van der Waals surface area contributed by atoms with Crippen molar-refractivity contribution in [2.45, 2.75) is 52.0 Å². The van der Waals surface area contributed by atoms with Gasteiger partial charge in [0.25, 0.3) is 0 Å². The third-order valence-electron chi connectivity index (χ3n) is 2.43. The number of aryl methyl sites for hydroxylation is 1. The molecular formula is C13H22BrNS. The maximum Gasteiger partial charge on any atom is 0.0314 e. The molecule has 0 atom stereocenters. The molecule has 0 spiro atoms. The van der Waals surface area contributed by atoms with E-state index in [-0.39, 0.29) is 5.54 Å². The Morgan fingerprint density at radius 2 is 2.00 bits per heavy atom. The summed E-state index contributed by atoms with van der Waals surface area (Å²) in [6.45, 7) is 7.79. The van der Waals surface area contributed by atoms with E-state index in [9.17, 15) is 0 Å². The van der Waals surface area contributed by atoms with Crippen molar-refractivity contribution < 1.29 is 0 Å². The summed E-state index contributed by atoms with van der Waals surface area (Å²) in [4.78, 5) is 1.49. The summed E-state index contributed by atoms with van der Waals surface area (Å²) in [7, 11) is 0. The minimum absolute atomic E-state index is 0.261. The van der Waals surface area contributed by atoms with E-state index in [2.05, 4.69) is 53.5 Å². The Morgan fingerprint density at radius 1 is 1.25 bits per heavy atom. The van der Waals surface area contributed by atoms with Gasteiger partial charge in [-0.1, -0.05) is 6.42 Å². The molecule has 1 aromatic heterocycles. The molecular weight excluding hydrogens is 282 g/mol. The van der Waals surface area contributed by atoms with Crippen LogP contribution in [0.15, 0.2) is 15.9 Å². The van der Waals surface area contributed by atoms with Gasteiger partial charge in [-0.2, -0.15) is 0 Å². The molecule has 0 unspecified atom stereocenters. The molecule has 1 rings (SSSR count). The zero-order valence-electron chi connectivity index (χ0n) is 10.5. The minimum atomic E-state index is 0.261. The van der Waals surface area contributed by atoms with Crippen molar-refractivity contribution in [3.8, 4) is 0 Å². The van der Waals surface area contributed by atoms with Gasteiger partial charge < -0.3 is 5.32 Å². The molecule has 16 heavy (non-hydrogen) atoms. The van der Waals surface area contributed by atoms with E-state index < -0.39 is 0 Å². The number of hydrogen-bond acceptors (Lipinski definition) is 2. The summed E-state index contributed by atoms with van der Waals surface area (Å²) in [5.41, 5.74) is 0.261. The predicted molar refractivity (Wildman–Crippen MR) is 77.3 cm³/mol. The smallest absolute Gasteiger partial charge is 0.0314 e. The van der Waals surface area contributed by atoms with Crippen LogP contribution in [0.4, 0.5) is 0 Å². The maximum atomic E-state index is 3.57. The molecule has 1 aromatic rings. The van der Waals surface area contributed by atoms with Crippen molar-refractivity contribution in [3.63, 3.8) is 0 Å². The topological polar surface area (TPSA) is 12.0 Å². The maximum absolute atomic E-state index is 3.57. The van der Waals surface area contributed by atoms with Gasteiger partial charge >= 0.3 is 0 Å². The molecule has 0 aliphatic carbocycles. The van der Waals surface area contributed by atoms with Crippen molar-refractivity contribution in [1.29, 1.82) is 0 Å². The van der Waals surface area contributed by atoms with E-state index in [4.69, 9.17) is 0 Å². The van der Waals surface area contributed by atoms with Crippen molar-refractivity contribution in [2.24, 2.45) is 0 Å². The fourth-order valence-electron chi connectivity index (χ4n) is 1.55. The van der Waals surface area contributed by atoms with Gasteiger partial charge in [0.15, 0.2) is 0 Å². The number of halogens is 1. The standard InChI is InChI=1S/C13H22BrNS/c1-13(2,3)15-9-6-4-5-7-12-11(14)8-10-16-12/h8,10,15H,4-7,9H2,1-3H3. The van der Waals surface area contributed by atoms with Gasteiger partial charge in [0.2, 0.25) is 0 Å². The van der Waals surface area contributed by atoms with E-state index in [0.717, 1.165) is 6.54 Å². The Labute approximate surface area is 112 Å². The van der Waals surface area contributed by atoms with Crippen LogP contribution in [0.25, 0.3) is 0 Å². The SMILES string of the molecule is CC(C)(C)NCCCCCc1sccc1Br. The molecule has 0 aliphatic rings. The van der Waals surface area contributed by atoms with Gasteiger partial charge in [0.05, 0.1) is 0 Å². The second-order valence-corrected chi connectivity index (χ2v) is 7.03. The molecule has 0 saturated carbocycles. The van der Waals surface area contributed by atoms with Crippen molar-refractivity contribution in [3.05, 3.63) is 20.8 Å². The van der Waals surface area contributed by atoms with Crippen LogP contribution < -0.4 is 5.32 Å². The second-order valence-electron chi connectivity index (χ2n) is 5.18. The molecule has 1 N–H and O–H groups in total. The second kappa shape index (κ2) is 6.77. The summed E-state index contributed by atoms with van der Waals surface area (Å²) < 4.78 is 1.28. The molecule has 0 bridgehead atoms. The van der Waals surface area contributed by atoms with Gasteiger partial charge in [-0.05, 0) is 74.0 Å². The average molecular weight is 304 g/mol. The van der Waals surface area contributed by atoms with E-state index in [1.807, 2.05) is 11.3 Å². The lowest BCUT2D eigenvalue weighted by Crippen LogP contribution is -2.36. The predicted octanol–water partition coefficient (Wildman–Crippen LogP) is 4.61. The Hall–Kier alpha value is 0.140. The Morgan fingerprint density at radius 3 is 2.56 bits per heavy atom. The number of hydrogen-bond donors (Lipinski definition) is 1. The average Bonchev–Trinajstić information content (AvgIpc) is 2.56. The lowest BCUT2D eigenvalue weighted by molar-refractivity contribution is 0.417. The first-order valence-corrected chi connectivity index (χ1v) is 7.63. The first-order valence-electron chi connectivity index (χ1n) is 5.96. The Kier molecular flexibility index (Phi) is 6.01. The van der Waals surface area contributed by atoms with Crippen LogP contribution in [-0.4, -0.2) is 12.1 Å². The Bertz CT molecular complexity index is 301. The summed E-state index contributed by atoms with van der Waals surface area (Å²) >= 11 is 5.43. The fraction of sp³-hybridized carbons (Fsp3) is 0.692. The lowest BCUT2D eigenvalue weighted by Gasteiger charge is -2.20. The molecule has 1 heterocycles. The van der Waals surface area contributed by atoms with Gasteiger partial charge in [-0.3, -0.25) is 0 Å². The number of rotatable bonds is 6. The third kappa shape index (κ3) is 6.02. The Balaban J connectivity index is 2.03.